The number of amides is 1. The van der Waals surface area contributed by atoms with Gasteiger partial charge in [-0.05, 0) is 39.0 Å². The van der Waals surface area contributed by atoms with Crippen molar-refractivity contribution < 1.29 is 15.0 Å². The molecule has 2 atom stereocenters. The zero-order valence-electron chi connectivity index (χ0n) is 16.5. The van der Waals surface area contributed by atoms with Crippen molar-refractivity contribution in [3.63, 3.8) is 0 Å². The first-order valence-electron chi connectivity index (χ1n) is 10.3. The molecule has 0 saturated carbocycles. The van der Waals surface area contributed by atoms with E-state index >= 15 is 0 Å². The van der Waals surface area contributed by atoms with Crippen LogP contribution in [0.25, 0.3) is 0 Å². The molecule has 0 aromatic heterocycles. The summed E-state index contributed by atoms with van der Waals surface area (Å²) in [7, 11) is 0. The van der Waals surface area contributed by atoms with E-state index in [-0.39, 0.29) is 24.7 Å². The molecule has 0 bridgehead atoms. The van der Waals surface area contributed by atoms with Gasteiger partial charge in [0.25, 0.3) is 0 Å². The van der Waals surface area contributed by atoms with E-state index in [9.17, 15) is 9.90 Å². The van der Waals surface area contributed by atoms with E-state index in [1.54, 1.807) is 6.92 Å². The number of unbranched alkanes of at least 4 members (excludes halogenated alkanes) is 8. The Bertz CT molecular complexity index is 331. The number of hydrogen-bond acceptors (Lipinski definition) is 3. The Hall–Kier alpha value is -0.870. The number of carbonyl (C=O) groups is 1. The van der Waals surface area contributed by atoms with Crippen molar-refractivity contribution in [2.24, 2.45) is 0 Å². The number of nitrogens with one attached hydrogen (secondary N) is 1. The minimum atomic E-state index is -0.173. The molecule has 3 N–H and O–H groups in total. The minimum absolute atomic E-state index is 0.00482. The molecular formula is C21H41NO3. The number of aliphatic hydroxyl groups is 2. The van der Waals surface area contributed by atoms with Crippen LogP contribution in [-0.2, 0) is 4.79 Å². The fourth-order valence-corrected chi connectivity index (χ4v) is 2.77. The van der Waals surface area contributed by atoms with Gasteiger partial charge < -0.3 is 15.5 Å². The summed E-state index contributed by atoms with van der Waals surface area (Å²) < 4.78 is 0. The average molecular weight is 356 g/mol. The highest BCUT2D eigenvalue weighted by Crippen LogP contribution is 2.10. The molecule has 0 aromatic carbocycles. The van der Waals surface area contributed by atoms with Gasteiger partial charge in [-0.15, -0.1) is 0 Å². The summed E-state index contributed by atoms with van der Waals surface area (Å²) in [6.45, 7) is 4.00. The zero-order chi connectivity index (χ0) is 18.8. The van der Waals surface area contributed by atoms with Gasteiger partial charge in [-0.2, -0.15) is 0 Å². The van der Waals surface area contributed by atoms with Gasteiger partial charge in [-0.1, -0.05) is 64.0 Å². The Morgan fingerprint density at radius 2 is 1.68 bits per heavy atom. The predicted octanol–water partition coefficient (Wildman–Crippen LogP) is 4.49. The molecule has 0 fully saturated rings. The van der Waals surface area contributed by atoms with Crippen molar-refractivity contribution in [2.75, 3.05) is 6.61 Å². The first-order chi connectivity index (χ1) is 12.1. The Morgan fingerprint density at radius 1 is 1.00 bits per heavy atom. The van der Waals surface area contributed by atoms with Crippen LogP contribution in [0.1, 0.15) is 97.3 Å². The lowest BCUT2D eigenvalue weighted by Gasteiger charge is -2.10. The summed E-state index contributed by atoms with van der Waals surface area (Å²) >= 11 is 0. The van der Waals surface area contributed by atoms with Crippen molar-refractivity contribution >= 4 is 5.91 Å². The molecule has 0 aromatic rings. The van der Waals surface area contributed by atoms with Crippen LogP contribution >= 0.6 is 0 Å². The van der Waals surface area contributed by atoms with E-state index in [1.807, 2.05) is 0 Å². The second-order valence-corrected chi connectivity index (χ2v) is 7.17. The summed E-state index contributed by atoms with van der Waals surface area (Å²) in [5.74, 6) is 0.0396. The third-order valence-corrected chi connectivity index (χ3v) is 4.42. The quantitative estimate of drug-likeness (QED) is 0.266. The second-order valence-electron chi connectivity index (χ2n) is 7.17. The van der Waals surface area contributed by atoms with Gasteiger partial charge in [0.15, 0.2) is 0 Å². The predicted molar refractivity (Wildman–Crippen MR) is 106 cm³/mol. The number of allylic oxidation sites excluding steroid dienone is 1. The normalized spacial score (nSPS) is 13.9. The van der Waals surface area contributed by atoms with Crippen LogP contribution in [0.5, 0.6) is 0 Å². The summed E-state index contributed by atoms with van der Waals surface area (Å²) in [6.07, 6.45) is 17.9. The SMILES string of the molecule is CCCCCCC(O)CC=CCCCCCCCC(=O)NC(C)CO. The van der Waals surface area contributed by atoms with E-state index < -0.39 is 0 Å². The van der Waals surface area contributed by atoms with E-state index in [2.05, 4.69) is 24.4 Å². The lowest BCUT2D eigenvalue weighted by molar-refractivity contribution is -0.122. The number of aliphatic hydroxyl groups excluding tert-OH is 2. The topological polar surface area (TPSA) is 69.6 Å². The first-order valence-corrected chi connectivity index (χ1v) is 10.3. The van der Waals surface area contributed by atoms with Crippen LogP contribution in [-0.4, -0.2) is 34.9 Å². The molecule has 0 heterocycles. The van der Waals surface area contributed by atoms with Crippen LogP contribution in [0.4, 0.5) is 0 Å². The van der Waals surface area contributed by atoms with Gasteiger partial charge in [0.2, 0.25) is 5.91 Å². The molecule has 4 nitrogen and oxygen atoms in total. The molecule has 0 rings (SSSR count). The number of carbonyl (C=O) groups excluding carboxylic acids is 1. The minimum Gasteiger partial charge on any atom is -0.394 e. The number of rotatable bonds is 17. The molecule has 0 aliphatic heterocycles. The molecule has 25 heavy (non-hydrogen) atoms. The molecular weight excluding hydrogens is 314 g/mol. The fourth-order valence-electron chi connectivity index (χ4n) is 2.77. The van der Waals surface area contributed by atoms with Crippen molar-refractivity contribution in [1.29, 1.82) is 0 Å². The summed E-state index contributed by atoms with van der Waals surface area (Å²) in [4.78, 5) is 11.5. The zero-order valence-corrected chi connectivity index (χ0v) is 16.5. The van der Waals surface area contributed by atoms with E-state index in [0.717, 1.165) is 44.9 Å². The molecule has 0 spiro atoms. The molecule has 0 radical (unpaired) electrons. The lowest BCUT2D eigenvalue weighted by atomic mass is 10.1. The molecule has 148 valence electrons. The van der Waals surface area contributed by atoms with Crippen molar-refractivity contribution in [3.8, 4) is 0 Å². The van der Waals surface area contributed by atoms with Crippen LogP contribution in [0.2, 0.25) is 0 Å². The van der Waals surface area contributed by atoms with Gasteiger partial charge in [0, 0.05) is 12.5 Å². The van der Waals surface area contributed by atoms with Crippen LogP contribution in [0, 0.1) is 0 Å². The molecule has 0 aliphatic carbocycles. The smallest absolute Gasteiger partial charge is 0.220 e. The van der Waals surface area contributed by atoms with Gasteiger partial charge in [0.05, 0.1) is 12.7 Å². The first kappa shape index (κ1) is 24.1. The van der Waals surface area contributed by atoms with Crippen molar-refractivity contribution in [1.82, 2.24) is 5.32 Å². The van der Waals surface area contributed by atoms with E-state index in [1.165, 1.54) is 32.1 Å². The highest BCUT2D eigenvalue weighted by atomic mass is 16.3. The maximum atomic E-state index is 11.5. The van der Waals surface area contributed by atoms with E-state index in [0.29, 0.717) is 6.42 Å². The van der Waals surface area contributed by atoms with Gasteiger partial charge in [-0.3, -0.25) is 4.79 Å². The highest BCUT2D eigenvalue weighted by Gasteiger charge is 2.05. The Morgan fingerprint density at radius 3 is 2.40 bits per heavy atom. The van der Waals surface area contributed by atoms with Gasteiger partial charge >= 0.3 is 0 Å². The molecule has 4 heteroatoms. The molecule has 2 unspecified atom stereocenters. The maximum Gasteiger partial charge on any atom is 0.220 e. The largest absolute Gasteiger partial charge is 0.394 e. The monoisotopic (exact) mass is 355 g/mol. The summed E-state index contributed by atoms with van der Waals surface area (Å²) in [5.41, 5.74) is 0. The summed E-state index contributed by atoms with van der Waals surface area (Å²) in [5, 5.41) is 21.5. The third-order valence-electron chi connectivity index (χ3n) is 4.42. The highest BCUT2D eigenvalue weighted by molar-refractivity contribution is 5.76. The second kappa shape index (κ2) is 17.9. The number of hydrogen-bond donors (Lipinski definition) is 3. The standard InChI is InChI=1S/C21H41NO3/c1-3-4-5-12-15-20(24)16-13-10-8-6-7-9-11-14-17-21(25)22-19(2)18-23/h10,13,19-20,23-24H,3-9,11-12,14-18H2,1-2H3,(H,22,25). The molecule has 0 aliphatic rings. The van der Waals surface area contributed by atoms with Gasteiger partial charge in [0.1, 0.15) is 0 Å². The fraction of sp³-hybridized carbons (Fsp3) is 0.857. The Balaban J connectivity index is 3.36. The van der Waals surface area contributed by atoms with Crippen LogP contribution in [0.15, 0.2) is 12.2 Å². The molecule has 1 amide bonds. The Labute approximate surface area is 155 Å². The summed E-state index contributed by atoms with van der Waals surface area (Å²) in [6, 6.07) is -0.144. The molecule has 0 saturated heterocycles. The third kappa shape index (κ3) is 17.7. The van der Waals surface area contributed by atoms with E-state index in [4.69, 9.17) is 5.11 Å². The lowest BCUT2D eigenvalue weighted by Crippen LogP contribution is -2.34. The van der Waals surface area contributed by atoms with Gasteiger partial charge in [-0.25, -0.2) is 0 Å². The van der Waals surface area contributed by atoms with Crippen LogP contribution < -0.4 is 5.32 Å². The Kier molecular flexibility index (Phi) is 17.3. The van der Waals surface area contributed by atoms with Crippen LogP contribution in [0.3, 0.4) is 0 Å². The average Bonchev–Trinajstić information content (AvgIpc) is 2.60. The maximum absolute atomic E-state index is 11.5. The van der Waals surface area contributed by atoms with Crippen molar-refractivity contribution in [2.45, 2.75) is 109 Å². The van der Waals surface area contributed by atoms with Crippen molar-refractivity contribution in [3.05, 3.63) is 12.2 Å².